The normalized spacial score (nSPS) is 24.1. The molecule has 0 radical (unpaired) electrons. The fourth-order valence-electron chi connectivity index (χ4n) is 1.23. The number of aromatic nitrogens is 1. The van der Waals surface area contributed by atoms with E-state index in [9.17, 15) is 0 Å². The molecule has 0 amide bonds. The predicted molar refractivity (Wildman–Crippen MR) is 57.4 cm³/mol. The van der Waals surface area contributed by atoms with Crippen LogP contribution < -0.4 is 5.32 Å². The standard InChI is InChI=1S/C9H13N3OS/c1-6-5-14-9(11-6)10-4-8-3-7(2)13-12-8/h3,6H,4-5H2,1-2H3,(H,10,11). The largest absolute Gasteiger partial charge is 0.362 e. The third-order valence-electron chi connectivity index (χ3n) is 1.90. The van der Waals surface area contributed by atoms with Crippen LogP contribution in [0.2, 0.25) is 0 Å². The number of hydrogen-bond acceptors (Lipinski definition) is 4. The topological polar surface area (TPSA) is 50.4 Å². The third-order valence-corrected chi connectivity index (χ3v) is 3.09. The molecule has 0 spiro atoms. The number of thioether (sulfide) groups is 1. The first kappa shape index (κ1) is 9.58. The van der Waals surface area contributed by atoms with E-state index in [1.165, 1.54) is 0 Å². The SMILES string of the molecule is Cc1cc(CN=C2NC(C)CS2)no1. The molecule has 0 aromatic carbocycles. The Morgan fingerprint density at radius 1 is 1.79 bits per heavy atom. The zero-order valence-electron chi connectivity index (χ0n) is 8.28. The lowest BCUT2D eigenvalue weighted by Gasteiger charge is -1.99. The van der Waals surface area contributed by atoms with Gasteiger partial charge in [-0.05, 0) is 13.8 Å². The van der Waals surface area contributed by atoms with Crippen LogP contribution in [0.15, 0.2) is 15.6 Å². The van der Waals surface area contributed by atoms with Gasteiger partial charge >= 0.3 is 0 Å². The van der Waals surface area contributed by atoms with Crippen molar-refractivity contribution in [3.05, 3.63) is 17.5 Å². The molecule has 1 saturated heterocycles. The van der Waals surface area contributed by atoms with Crippen LogP contribution in [0.1, 0.15) is 18.4 Å². The minimum absolute atomic E-state index is 0.526. The van der Waals surface area contributed by atoms with Gasteiger partial charge in [-0.25, -0.2) is 0 Å². The van der Waals surface area contributed by atoms with Gasteiger partial charge < -0.3 is 9.84 Å². The lowest BCUT2D eigenvalue weighted by atomic mass is 10.4. The Hall–Kier alpha value is -0.970. The van der Waals surface area contributed by atoms with Gasteiger partial charge in [0.2, 0.25) is 0 Å². The lowest BCUT2D eigenvalue weighted by Crippen LogP contribution is -2.23. The molecule has 2 rings (SSSR count). The number of rotatable bonds is 2. The van der Waals surface area contributed by atoms with Crippen LogP contribution >= 0.6 is 11.8 Å². The van der Waals surface area contributed by atoms with E-state index in [4.69, 9.17) is 4.52 Å². The third kappa shape index (κ3) is 2.29. The van der Waals surface area contributed by atoms with E-state index in [0.29, 0.717) is 12.6 Å². The number of aryl methyl sites for hydroxylation is 1. The summed E-state index contributed by atoms with van der Waals surface area (Å²) >= 11 is 1.76. The van der Waals surface area contributed by atoms with E-state index in [-0.39, 0.29) is 0 Å². The van der Waals surface area contributed by atoms with Crippen molar-refractivity contribution in [1.82, 2.24) is 10.5 Å². The van der Waals surface area contributed by atoms with Gasteiger partial charge in [0.05, 0.1) is 6.54 Å². The van der Waals surface area contributed by atoms with Gasteiger partial charge in [0.15, 0.2) is 5.17 Å². The highest BCUT2D eigenvalue weighted by atomic mass is 32.2. The summed E-state index contributed by atoms with van der Waals surface area (Å²) in [6.07, 6.45) is 0. The van der Waals surface area contributed by atoms with Crippen LogP contribution in [0.25, 0.3) is 0 Å². The molecule has 4 nitrogen and oxygen atoms in total. The maximum Gasteiger partial charge on any atom is 0.157 e. The van der Waals surface area contributed by atoms with E-state index < -0.39 is 0 Å². The van der Waals surface area contributed by atoms with Crippen LogP contribution in [0, 0.1) is 6.92 Å². The summed E-state index contributed by atoms with van der Waals surface area (Å²) in [5.74, 6) is 1.93. The van der Waals surface area contributed by atoms with Crippen LogP contribution in [-0.2, 0) is 6.54 Å². The zero-order valence-corrected chi connectivity index (χ0v) is 9.10. The molecule has 0 saturated carbocycles. The minimum atomic E-state index is 0.526. The molecule has 1 atom stereocenters. The molecular formula is C9H13N3OS. The van der Waals surface area contributed by atoms with Crippen molar-refractivity contribution in [2.45, 2.75) is 26.4 Å². The second-order valence-electron chi connectivity index (χ2n) is 3.41. The molecule has 2 heterocycles. The first-order valence-electron chi connectivity index (χ1n) is 4.60. The maximum atomic E-state index is 4.95. The fourth-order valence-corrected chi connectivity index (χ4v) is 2.17. The Morgan fingerprint density at radius 2 is 2.64 bits per heavy atom. The summed E-state index contributed by atoms with van der Waals surface area (Å²) in [6, 6.07) is 2.44. The molecule has 1 aromatic rings. The summed E-state index contributed by atoms with van der Waals surface area (Å²) in [5.41, 5.74) is 0.886. The van der Waals surface area contributed by atoms with Gasteiger partial charge in [0, 0.05) is 17.9 Å². The highest BCUT2D eigenvalue weighted by molar-refractivity contribution is 8.14. The molecule has 0 aliphatic carbocycles. The predicted octanol–water partition coefficient (Wildman–Crippen LogP) is 1.56. The van der Waals surface area contributed by atoms with Crippen molar-refractivity contribution in [1.29, 1.82) is 0 Å². The van der Waals surface area contributed by atoms with Gasteiger partial charge in [0.1, 0.15) is 11.5 Å². The van der Waals surface area contributed by atoms with E-state index in [1.54, 1.807) is 11.8 Å². The van der Waals surface area contributed by atoms with Gasteiger partial charge in [-0.1, -0.05) is 16.9 Å². The molecule has 1 aliphatic heterocycles. The Labute approximate surface area is 87.1 Å². The summed E-state index contributed by atoms with van der Waals surface area (Å²) < 4.78 is 4.95. The second-order valence-corrected chi connectivity index (χ2v) is 4.42. The van der Waals surface area contributed by atoms with Crippen molar-refractivity contribution in [3.8, 4) is 0 Å². The summed E-state index contributed by atoms with van der Waals surface area (Å²) in [6.45, 7) is 4.63. The smallest absolute Gasteiger partial charge is 0.157 e. The zero-order chi connectivity index (χ0) is 9.97. The molecule has 1 fully saturated rings. The number of nitrogens with zero attached hydrogens (tertiary/aromatic N) is 2. The first-order valence-corrected chi connectivity index (χ1v) is 5.58. The fraction of sp³-hybridized carbons (Fsp3) is 0.556. The van der Waals surface area contributed by atoms with Crippen LogP contribution in [-0.4, -0.2) is 22.1 Å². The minimum Gasteiger partial charge on any atom is -0.362 e. The summed E-state index contributed by atoms with van der Waals surface area (Å²) in [7, 11) is 0. The number of amidine groups is 1. The van der Waals surface area contributed by atoms with E-state index in [0.717, 1.165) is 22.4 Å². The Balaban J connectivity index is 1.93. The van der Waals surface area contributed by atoms with E-state index in [1.807, 2.05) is 13.0 Å². The molecule has 1 unspecified atom stereocenters. The molecule has 1 aliphatic rings. The molecule has 14 heavy (non-hydrogen) atoms. The molecule has 5 heteroatoms. The number of hydrogen-bond donors (Lipinski definition) is 1. The van der Waals surface area contributed by atoms with Crippen molar-refractivity contribution in [3.63, 3.8) is 0 Å². The van der Waals surface area contributed by atoms with Gasteiger partial charge in [0.25, 0.3) is 0 Å². The van der Waals surface area contributed by atoms with E-state index in [2.05, 4.69) is 22.4 Å². The maximum absolute atomic E-state index is 4.95. The van der Waals surface area contributed by atoms with Gasteiger partial charge in [-0.3, -0.25) is 4.99 Å². The molecule has 0 bridgehead atoms. The quantitative estimate of drug-likeness (QED) is 0.806. The first-order chi connectivity index (χ1) is 6.74. The van der Waals surface area contributed by atoms with Crippen molar-refractivity contribution in [2.24, 2.45) is 4.99 Å². The highest BCUT2D eigenvalue weighted by Gasteiger charge is 2.15. The van der Waals surface area contributed by atoms with Gasteiger partial charge in [-0.2, -0.15) is 0 Å². The number of aliphatic imine (C=N–C) groups is 1. The van der Waals surface area contributed by atoms with Crippen LogP contribution in [0.3, 0.4) is 0 Å². The van der Waals surface area contributed by atoms with E-state index >= 15 is 0 Å². The van der Waals surface area contributed by atoms with Crippen LogP contribution in [0.5, 0.6) is 0 Å². The number of nitrogens with one attached hydrogen (secondary N) is 1. The molecule has 76 valence electrons. The lowest BCUT2D eigenvalue weighted by molar-refractivity contribution is 0.391. The Bertz CT molecular complexity index is 348. The summed E-state index contributed by atoms with van der Waals surface area (Å²) in [5, 5.41) is 8.17. The van der Waals surface area contributed by atoms with Crippen LogP contribution in [0.4, 0.5) is 0 Å². The Kier molecular flexibility index (Phi) is 2.77. The van der Waals surface area contributed by atoms with Crippen molar-refractivity contribution < 1.29 is 4.52 Å². The summed E-state index contributed by atoms with van der Waals surface area (Å²) in [4.78, 5) is 4.40. The average molecular weight is 211 g/mol. The van der Waals surface area contributed by atoms with Crippen molar-refractivity contribution >= 4 is 16.9 Å². The second kappa shape index (κ2) is 4.04. The molecular weight excluding hydrogens is 198 g/mol. The molecule has 1 N–H and O–H groups in total. The Morgan fingerprint density at radius 3 is 3.21 bits per heavy atom. The average Bonchev–Trinajstić information content (AvgIpc) is 2.72. The van der Waals surface area contributed by atoms with Crippen molar-refractivity contribution in [2.75, 3.05) is 5.75 Å². The highest BCUT2D eigenvalue weighted by Crippen LogP contribution is 2.14. The van der Waals surface area contributed by atoms with Gasteiger partial charge in [-0.15, -0.1) is 0 Å². The molecule has 1 aromatic heterocycles. The monoisotopic (exact) mass is 211 g/mol.